The number of hydrogen-bond acceptors (Lipinski definition) is 5. The molecular formula is C19H31NO4. The van der Waals surface area contributed by atoms with Gasteiger partial charge in [-0.1, -0.05) is 6.07 Å². The predicted octanol–water partition coefficient (Wildman–Crippen LogP) is 2.84. The Bertz CT molecular complexity index is 523. The first-order valence-electron chi connectivity index (χ1n) is 8.59. The summed E-state index contributed by atoms with van der Waals surface area (Å²) in [6, 6.07) is 6.54. The van der Waals surface area contributed by atoms with Crippen molar-refractivity contribution in [3.05, 3.63) is 23.8 Å². The van der Waals surface area contributed by atoms with Crippen molar-refractivity contribution in [2.24, 2.45) is 0 Å². The molecule has 1 atom stereocenters. The van der Waals surface area contributed by atoms with E-state index in [0.29, 0.717) is 19.2 Å². The van der Waals surface area contributed by atoms with Crippen molar-refractivity contribution >= 4 is 0 Å². The monoisotopic (exact) mass is 337 g/mol. The SMILES string of the molecule is COc1ccc(CN(CC(O)COC(C)(C)C)C2CC2)cc1OC. The molecule has 1 aliphatic carbocycles. The van der Waals surface area contributed by atoms with Gasteiger partial charge < -0.3 is 19.3 Å². The Morgan fingerprint density at radius 3 is 2.38 bits per heavy atom. The molecule has 5 heteroatoms. The van der Waals surface area contributed by atoms with Gasteiger partial charge in [0.1, 0.15) is 0 Å². The summed E-state index contributed by atoms with van der Waals surface area (Å²) < 4.78 is 16.4. The molecule has 1 unspecified atom stereocenters. The highest BCUT2D eigenvalue weighted by molar-refractivity contribution is 5.42. The molecule has 24 heavy (non-hydrogen) atoms. The van der Waals surface area contributed by atoms with Crippen molar-refractivity contribution in [1.29, 1.82) is 0 Å². The molecule has 0 spiro atoms. The number of benzene rings is 1. The molecule has 0 radical (unpaired) electrons. The zero-order valence-electron chi connectivity index (χ0n) is 15.5. The van der Waals surface area contributed by atoms with E-state index in [2.05, 4.69) is 11.0 Å². The number of rotatable bonds is 9. The number of nitrogens with zero attached hydrogens (tertiary/aromatic N) is 1. The summed E-state index contributed by atoms with van der Waals surface area (Å²) in [6.45, 7) is 7.78. The van der Waals surface area contributed by atoms with Crippen LogP contribution in [0.5, 0.6) is 11.5 Å². The second kappa shape index (κ2) is 8.19. The van der Waals surface area contributed by atoms with Crippen molar-refractivity contribution < 1.29 is 19.3 Å². The van der Waals surface area contributed by atoms with Crippen molar-refractivity contribution in [2.45, 2.75) is 57.9 Å². The summed E-state index contributed by atoms with van der Waals surface area (Å²) >= 11 is 0. The Labute approximate surface area is 145 Å². The van der Waals surface area contributed by atoms with E-state index in [9.17, 15) is 5.11 Å². The maximum atomic E-state index is 10.3. The second-order valence-corrected chi connectivity index (χ2v) is 7.43. The Morgan fingerprint density at radius 1 is 1.17 bits per heavy atom. The van der Waals surface area contributed by atoms with E-state index in [1.807, 2.05) is 32.9 Å². The molecular weight excluding hydrogens is 306 g/mol. The first kappa shape index (κ1) is 19.0. The Balaban J connectivity index is 1.96. The average Bonchev–Trinajstić information content (AvgIpc) is 3.36. The Morgan fingerprint density at radius 2 is 1.83 bits per heavy atom. The second-order valence-electron chi connectivity index (χ2n) is 7.43. The van der Waals surface area contributed by atoms with Crippen LogP contribution in [0.15, 0.2) is 18.2 Å². The summed E-state index contributed by atoms with van der Waals surface area (Å²) in [5.74, 6) is 1.47. The lowest BCUT2D eigenvalue weighted by molar-refractivity contribution is -0.0572. The largest absolute Gasteiger partial charge is 0.493 e. The van der Waals surface area contributed by atoms with Gasteiger partial charge in [-0.3, -0.25) is 4.90 Å². The molecule has 1 N–H and O–H groups in total. The van der Waals surface area contributed by atoms with Gasteiger partial charge in [-0.25, -0.2) is 0 Å². The average molecular weight is 337 g/mol. The van der Waals surface area contributed by atoms with Crippen LogP contribution in [-0.2, 0) is 11.3 Å². The molecule has 0 heterocycles. The normalized spacial score (nSPS) is 16.3. The third kappa shape index (κ3) is 5.96. The van der Waals surface area contributed by atoms with Crippen LogP contribution in [0.2, 0.25) is 0 Å². The zero-order chi connectivity index (χ0) is 17.7. The number of aliphatic hydroxyl groups is 1. The predicted molar refractivity (Wildman–Crippen MR) is 94.7 cm³/mol. The van der Waals surface area contributed by atoms with Gasteiger partial charge in [0.25, 0.3) is 0 Å². The zero-order valence-corrected chi connectivity index (χ0v) is 15.5. The quantitative estimate of drug-likeness (QED) is 0.751. The molecule has 0 saturated heterocycles. The summed E-state index contributed by atoms with van der Waals surface area (Å²) in [4.78, 5) is 2.33. The van der Waals surface area contributed by atoms with Gasteiger partial charge in [0.2, 0.25) is 0 Å². The minimum Gasteiger partial charge on any atom is -0.493 e. The standard InChI is InChI=1S/C19H31NO4/c1-19(2,3)24-13-16(21)12-20(15-7-8-15)11-14-6-9-17(22-4)18(10-14)23-5/h6,9-10,15-16,21H,7-8,11-13H2,1-5H3. The molecule has 2 rings (SSSR count). The number of ether oxygens (including phenoxy) is 3. The molecule has 1 aliphatic rings. The highest BCUT2D eigenvalue weighted by Crippen LogP contribution is 2.31. The third-order valence-corrected chi connectivity index (χ3v) is 4.05. The Kier molecular flexibility index (Phi) is 6.49. The van der Waals surface area contributed by atoms with Crippen molar-refractivity contribution in [1.82, 2.24) is 4.90 Å². The maximum Gasteiger partial charge on any atom is 0.161 e. The number of methoxy groups -OCH3 is 2. The van der Waals surface area contributed by atoms with Crippen LogP contribution in [0.1, 0.15) is 39.2 Å². The third-order valence-electron chi connectivity index (χ3n) is 4.05. The molecule has 0 aromatic heterocycles. The summed E-state index contributed by atoms with van der Waals surface area (Å²) in [5, 5.41) is 10.3. The van der Waals surface area contributed by atoms with E-state index >= 15 is 0 Å². The van der Waals surface area contributed by atoms with E-state index in [1.165, 1.54) is 12.8 Å². The van der Waals surface area contributed by atoms with Crippen LogP contribution >= 0.6 is 0 Å². The van der Waals surface area contributed by atoms with E-state index in [0.717, 1.165) is 23.6 Å². The van der Waals surface area contributed by atoms with Gasteiger partial charge in [0.15, 0.2) is 11.5 Å². The molecule has 1 fully saturated rings. The minimum absolute atomic E-state index is 0.227. The fourth-order valence-electron chi connectivity index (χ4n) is 2.67. The van der Waals surface area contributed by atoms with E-state index in [4.69, 9.17) is 14.2 Å². The lowest BCUT2D eigenvalue weighted by Crippen LogP contribution is -2.37. The van der Waals surface area contributed by atoms with Gasteiger partial charge in [0.05, 0.1) is 32.5 Å². The molecule has 0 aliphatic heterocycles. The van der Waals surface area contributed by atoms with Crippen LogP contribution in [0, 0.1) is 0 Å². The fraction of sp³-hybridized carbons (Fsp3) is 0.684. The van der Waals surface area contributed by atoms with Crippen molar-refractivity contribution in [3.63, 3.8) is 0 Å². The fourth-order valence-corrected chi connectivity index (χ4v) is 2.67. The highest BCUT2D eigenvalue weighted by Gasteiger charge is 2.30. The van der Waals surface area contributed by atoms with E-state index < -0.39 is 6.10 Å². The first-order valence-corrected chi connectivity index (χ1v) is 8.59. The molecule has 1 aromatic rings. The van der Waals surface area contributed by atoms with Crippen LogP contribution < -0.4 is 9.47 Å². The van der Waals surface area contributed by atoms with Crippen LogP contribution in [-0.4, -0.2) is 55.1 Å². The molecule has 0 amide bonds. The van der Waals surface area contributed by atoms with Gasteiger partial charge in [0, 0.05) is 19.1 Å². The molecule has 1 saturated carbocycles. The van der Waals surface area contributed by atoms with Crippen LogP contribution in [0.3, 0.4) is 0 Å². The molecule has 5 nitrogen and oxygen atoms in total. The van der Waals surface area contributed by atoms with E-state index in [-0.39, 0.29) is 5.60 Å². The van der Waals surface area contributed by atoms with Crippen LogP contribution in [0.25, 0.3) is 0 Å². The summed E-state index contributed by atoms with van der Waals surface area (Å²) in [5.41, 5.74) is 0.929. The first-order chi connectivity index (χ1) is 11.3. The number of hydrogen-bond donors (Lipinski definition) is 1. The smallest absolute Gasteiger partial charge is 0.161 e. The Hall–Kier alpha value is -1.30. The van der Waals surface area contributed by atoms with Gasteiger partial charge in [-0.2, -0.15) is 0 Å². The van der Waals surface area contributed by atoms with Gasteiger partial charge in [-0.15, -0.1) is 0 Å². The maximum absolute atomic E-state index is 10.3. The van der Waals surface area contributed by atoms with Crippen molar-refractivity contribution in [3.8, 4) is 11.5 Å². The molecule has 136 valence electrons. The topological polar surface area (TPSA) is 51.2 Å². The summed E-state index contributed by atoms with van der Waals surface area (Å²) in [7, 11) is 3.29. The lowest BCUT2D eigenvalue weighted by Gasteiger charge is -2.27. The lowest BCUT2D eigenvalue weighted by atomic mass is 10.1. The van der Waals surface area contributed by atoms with Gasteiger partial charge >= 0.3 is 0 Å². The van der Waals surface area contributed by atoms with Gasteiger partial charge in [-0.05, 0) is 51.3 Å². The van der Waals surface area contributed by atoms with Crippen molar-refractivity contribution in [2.75, 3.05) is 27.4 Å². The molecule has 1 aromatic carbocycles. The molecule has 0 bridgehead atoms. The highest BCUT2D eigenvalue weighted by atomic mass is 16.5. The van der Waals surface area contributed by atoms with E-state index in [1.54, 1.807) is 14.2 Å². The number of aliphatic hydroxyl groups excluding tert-OH is 1. The summed E-state index contributed by atoms with van der Waals surface area (Å²) in [6.07, 6.45) is 1.91. The minimum atomic E-state index is -0.482. The van der Waals surface area contributed by atoms with Crippen LogP contribution in [0.4, 0.5) is 0 Å².